The van der Waals surface area contributed by atoms with E-state index in [-0.39, 0.29) is 40.7 Å². The molecule has 2 N–H and O–H groups in total. The molecule has 0 saturated carbocycles. The molecule has 2 heterocycles. The monoisotopic (exact) mass is 510 g/mol. The predicted octanol–water partition coefficient (Wildman–Crippen LogP) is 4.84. The summed E-state index contributed by atoms with van der Waals surface area (Å²) in [4.78, 5) is 38.2. The first kappa shape index (κ1) is 25.2. The lowest BCUT2D eigenvalue weighted by Crippen LogP contribution is -2.42. The molecular weight excluding hydrogens is 480 g/mol. The summed E-state index contributed by atoms with van der Waals surface area (Å²) in [7, 11) is 0. The van der Waals surface area contributed by atoms with Crippen LogP contribution in [0.5, 0.6) is 0 Å². The van der Waals surface area contributed by atoms with Gasteiger partial charge < -0.3 is 15.2 Å². The first-order valence-corrected chi connectivity index (χ1v) is 12.8. The third-order valence-electron chi connectivity index (χ3n) is 7.51. The summed E-state index contributed by atoms with van der Waals surface area (Å²) in [6.45, 7) is 1.59. The zero-order chi connectivity index (χ0) is 26.6. The van der Waals surface area contributed by atoms with E-state index in [1.807, 2.05) is 66.9 Å². The van der Waals surface area contributed by atoms with Crippen LogP contribution in [0.25, 0.3) is 10.9 Å². The Hall–Kier alpha value is -4.46. The second kappa shape index (κ2) is 10.9. The van der Waals surface area contributed by atoms with E-state index in [2.05, 4.69) is 4.57 Å². The number of benzene rings is 3. The van der Waals surface area contributed by atoms with E-state index in [9.17, 15) is 19.7 Å². The number of piperidine rings is 1. The zero-order valence-electron chi connectivity index (χ0n) is 21.0. The molecule has 0 aliphatic carbocycles. The molecule has 38 heavy (non-hydrogen) atoms. The van der Waals surface area contributed by atoms with Gasteiger partial charge >= 0.3 is 0 Å². The van der Waals surface area contributed by atoms with Crippen molar-refractivity contribution in [1.29, 1.82) is 0 Å². The number of nitro benzene ring substituents is 1. The molecule has 1 atom stereocenters. The summed E-state index contributed by atoms with van der Waals surface area (Å²) in [6.07, 6.45) is 3.39. The molecule has 1 unspecified atom stereocenters. The maximum absolute atomic E-state index is 13.5. The highest BCUT2D eigenvalue weighted by Gasteiger charge is 2.29. The molecular formula is C30H30N4O4. The molecule has 0 radical (unpaired) electrons. The fraction of sp³-hybridized carbons (Fsp3) is 0.267. The van der Waals surface area contributed by atoms with Crippen molar-refractivity contribution in [2.45, 2.75) is 31.7 Å². The Labute approximate surface area is 220 Å². The topological polar surface area (TPSA) is 111 Å². The number of non-ortho nitro benzene ring substituents is 1. The molecule has 0 spiro atoms. The van der Waals surface area contributed by atoms with E-state index in [1.54, 1.807) is 17.0 Å². The highest BCUT2D eigenvalue weighted by atomic mass is 16.6. The fourth-order valence-electron chi connectivity index (χ4n) is 5.42. The molecule has 0 bridgehead atoms. The number of rotatable bonds is 8. The molecule has 4 aromatic rings. The lowest BCUT2D eigenvalue weighted by molar-refractivity contribution is -0.384. The quantitative estimate of drug-likeness (QED) is 0.270. The number of nitro groups is 1. The van der Waals surface area contributed by atoms with Crippen LogP contribution in [0.1, 0.15) is 41.9 Å². The van der Waals surface area contributed by atoms with Gasteiger partial charge in [0.1, 0.15) is 0 Å². The lowest BCUT2D eigenvalue weighted by Gasteiger charge is -2.31. The van der Waals surface area contributed by atoms with Crippen LogP contribution in [0.4, 0.5) is 5.69 Å². The first-order chi connectivity index (χ1) is 18.4. The van der Waals surface area contributed by atoms with Crippen LogP contribution in [-0.2, 0) is 16.1 Å². The molecule has 8 heteroatoms. The molecule has 1 saturated heterocycles. The van der Waals surface area contributed by atoms with Crippen LogP contribution in [0.2, 0.25) is 0 Å². The van der Waals surface area contributed by atoms with Crippen molar-refractivity contribution in [2.75, 3.05) is 13.1 Å². The van der Waals surface area contributed by atoms with Gasteiger partial charge in [0.25, 0.3) is 5.69 Å². The summed E-state index contributed by atoms with van der Waals surface area (Å²) in [5.74, 6) is -0.803. The number of nitrogens with two attached hydrogens (primary N) is 1. The molecule has 194 valence electrons. The number of carbonyl (C=O) groups excluding carboxylic acids is 2. The minimum absolute atomic E-state index is 0.00355. The summed E-state index contributed by atoms with van der Waals surface area (Å²) in [5.41, 5.74) is 9.33. The van der Waals surface area contributed by atoms with E-state index in [1.165, 1.54) is 6.07 Å². The van der Waals surface area contributed by atoms with E-state index < -0.39 is 0 Å². The smallest absolute Gasteiger partial charge is 0.270 e. The standard InChI is InChI=1S/C30H30N4O4/c31-30(36)23-13-15-32(16-14-23)29(35)18-25(22-9-5-2-6-10-22)27-20-33(19-21-7-3-1-4-8-21)28-12-11-24(34(37)38)17-26(27)28/h1-12,17,20,23,25H,13-16,18-19H2,(H2,31,36). The molecule has 1 aliphatic heterocycles. The fourth-order valence-corrected chi connectivity index (χ4v) is 5.42. The third kappa shape index (κ3) is 5.29. The van der Waals surface area contributed by atoms with Crippen LogP contribution in [0.3, 0.4) is 0 Å². The van der Waals surface area contributed by atoms with Gasteiger partial charge in [-0.15, -0.1) is 0 Å². The Balaban J connectivity index is 1.54. The number of amides is 2. The number of likely N-dealkylation sites (tertiary alicyclic amines) is 1. The Morgan fingerprint density at radius 1 is 0.974 bits per heavy atom. The van der Waals surface area contributed by atoms with Gasteiger partial charge in [-0.3, -0.25) is 19.7 Å². The Bertz CT molecular complexity index is 1460. The summed E-state index contributed by atoms with van der Waals surface area (Å²) >= 11 is 0. The second-order valence-corrected chi connectivity index (χ2v) is 9.88. The summed E-state index contributed by atoms with van der Waals surface area (Å²) in [5, 5.41) is 12.4. The molecule has 1 aliphatic rings. The molecule has 8 nitrogen and oxygen atoms in total. The van der Waals surface area contributed by atoms with Crippen LogP contribution in [0.15, 0.2) is 85.1 Å². The predicted molar refractivity (Wildman–Crippen MR) is 146 cm³/mol. The van der Waals surface area contributed by atoms with Gasteiger partial charge in [0.15, 0.2) is 0 Å². The normalized spacial score (nSPS) is 14.9. The summed E-state index contributed by atoms with van der Waals surface area (Å²) < 4.78 is 2.10. The van der Waals surface area contributed by atoms with Crippen molar-refractivity contribution in [3.05, 3.63) is 112 Å². The van der Waals surface area contributed by atoms with Crippen molar-refractivity contribution in [1.82, 2.24) is 9.47 Å². The van der Waals surface area contributed by atoms with Gasteiger partial charge in [-0.2, -0.15) is 0 Å². The van der Waals surface area contributed by atoms with Gasteiger partial charge in [-0.1, -0.05) is 60.7 Å². The van der Waals surface area contributed by atoms with Gasteiger partial charge in [0.2, 0.25) is 11.8 Å². The van der Waals surface area contributed by atoms with E-state index in [4.69, 9.17) is 5.73 Å². The van der Waals surface area contributed by atoms with Crippen molar-refractivity contribution in [3.8, 4) is 0 Å². The Morgan fingerprint density at radius 3 is 2.26 bits per heavy atom. The average Bonchev–Trinajstić information content (AvgIpc) is 3.29. The number of fused-ring (bicyclic) bond motifs is 1. The number of hydrogen-bond acceptors (Lipinski definition) is 4. The minimum atomic E-state index is -0.386. The molecule has 2 amide bonds. The number of aromatic nitrogens is 1. The van der Waals surface area contributed by atoms with Crippen molar-refractivity contribution < 1.29 is 14.5 Å². The van der Waals surface area contributed by atoms with Crippen LogP contribution in [0, 0.1) is 16.0 Å². The Kier molecular flexibility index (Phi) is 7.22. The maximum Gasteiger partial charge on any atom is 0.270 e. The summed E-state index contributed by atoms with van der Waals surface area (Å²) in [6, 6.07) is 24.8. The lowest BCUT2D eigenvalue weighted by atomic mass is 9.87. The average molecular weight is 511 g/mol. The minimum Gasteiger partial charge on any atom is -0.369 e. The molecule has 1 aromatic heterocycles. The third-order valence-corrected chi connectivity index (χ3v) is 7.51. The number of carbonyl (C=O) groups is 2. The second-order valence-electron chi connectivity index (χ2n) is 9.88. The van der Waals surface area contributed by atoms with E-state index in [0.29, 0.717) is 32.5 Å². The van der Waals surface area contributed by atoms with Crippen LogP contribution in [-0.4, -0.2) is 39.3 Å². The van der Waals surface area contributed by atoms with E-state index >= 15 is 0 Å². The van der Waals surface area contributed by atoms with Crippen molar-refractivity contribution in [2.24, 2.45) is 11.7 Å². The van der Waals surface area contributed by atoms with E-state index in [0.717, 1.165) is 27.6 Å². The number of nitrogens with zero attached hydrogens (tertiary/aromatic N) is 3. The zero-order valence-corrected chi connectivity index (χ0v) is 21.0. The molecule has 1 fully saturated rings. The van der Waals surface area contributed by atoms with Gasteiger partial charge in [0, 0.05) is 67.1 Å². The van der Waals surface area contributed by atoms with Crippen molar-refractivity contribution in [3.63, 3.8) is 0 Å². The first-order valence-electron chi connectivity index (χ1n) is 12.8. The SMILES string of the molecule is NC(=O)C1CCN(C(=O)CC(c2ccccc2)c2cn(Cc3ccccc3)c3ccc([N+](=O)[O-])cc23)CC1. The molecule has 3 aromatic carbocycles. The van der Waals surface area contributed by atoms with Gasteiger partial charge in [-0.05, 0) is 35.6 Å². The maximum atomic E-state index is 13.5. The highest BCUT2D eigenvalue weighted by Crippen LogP contribution is 2.37. The highest BCUT2D eigenvalue weighted by molar-refractivity contribution is 5.88. The Morgan fingerprint density at radius 2 is 1.63 bits per heavy atom. The van der Waals surface area contributed by atoms with Gasteiger partial charge in [0.05, 0.1) is 4.92 Å². The number of hydrogen-bond donors (Lipinski definition) is 1. The van der Waals surface area contributed by atoms with Gasteiger partial charge in [-0.25, -0.2) is 0 Å². The van der Waals surface area contributed by atoms with Crippen LogP contribution < -0.4 is 5.73 Å². The van der Waals surface area contributed by atoms with Crippen LogP contribution >= 0.6 is 0 Å². The largest absolute Gasteiger partial charge is 0.369 e. The molecule has 5 rings (SSSR count). The van der Waals surface area contributed by atoms with Crippen molar-refractivity contribution >= 4 is 28.4 Å². The number of primary amides is 1.